The Balaban J connectivity index is 1.96. The maximum atomic E-state index is 13.4. The van der Waals surface area contributed by atoms with Crippen molar-refractivity contribution in [1.82, 2.24) is 5.32 Å². The van der Waals surface area contributed by atoms with Gasteiger partial charge < -0.3 is 4.74 Å². The molecule has 0 aliphatic rings. The van der Waals surface area contributed by atoms with Gasteiger partial charge in [-0.1, -0.05) is 0 Å². The van der Waals surface area contributed by atoms with Crippen LogP contribution in [0.15, 0.2) is 78.9 Å². The van der Waals surface area contributed by atoms with E-state index in [4.69, 9.17) is 26.8 Å². The van der Waals surface area contributed by atoms with E-state index in [0.29, 0.717) is 10.6 Å². The number of esters is 1. The molecule has 3 aromatic rings. The molecule has 36 heavy (non-hydrogen) atoms. The molecule has 2 atom stereocenters. The van der Waals surface area contributed by atoms with Crippen LogP contribution in [-0.2, 0) is 19.9 Å². The first-order chi connectivity index (χ1) is 17.0. The van der Waals surface area contributed by atoms with Gasteiger partial charge in [-0.05, 0) is 20.8 Å². The average molecular weight is 613 g/mol. The van der Waals surface area contributed by atoms with Gasteiger partial charge in [-0.25, -0.2) is 4.79 Å². The van der Waals surface area contributed by atoms with Gasteiger partial charge in [0.1, 0.15) is 5.60 Å². The number of hydrogen-bond donors (Lipinski definition) is 2. The molecule has 0 aliphatic carbocycles. The van der Waals surface area contributed by atoms with Crippen molar-refractivity contribution in [3.63, 3.8) is 0 Å². The second-order valence-electron chi connectivity index (χ2n) is 9.35. The zero-order valence-electron chi connectivity index (χ0n) is 20.6. The van der Waals surface area contributed by atoms with Gasteiger partial charge in [-0.3, -0.25) is 0 Å². The fourth-order valence-corrected chi connectivity index (χ4v) is 4.51. The number of nitrogens with one attached hydrogen (secondary N) is 1. The number of ether oxygens (including phenoxy) is 2. The molecule has 0 aromatic heterocycles. The van der Waals surface area contributed by atoms with E-state index in [0.717, 1.165) is 14.7 Å². The van der Waals surface area contributed by atoms with E-state index in [-0.39, 0.29) is 13.0 Å². The molecule has 3 aromatic carbocycles. The molecule has 0 bridgehead atoms. The number of carbonyl (C=O) groups is 2. The van der Waals surface area contributed by atoms with Gasteiger partial charge in [-0.15, -0.1) is 0 Å². The second kappa shape index (κ2) is 12.1. The van der Waals surface area contributed by atoms with E-state index < -0.39 is 29.3 Å². The molecule has 6 nitrogen and oxygen atoms in total. The van der Waals surface area contributed by atoms with Gasteiger partial charge in [0.15, 0.2) is 0 Å². The second-order valence-corrected chi connectivity index (χ2v) is 11.4. The van der Waals surface area contributed by atoms with Gasteiger partial charge in [0, 0.05) is 0 Å². The van der Waals surface area contributed by atoms with Gasteiger partial charge in [0.25, 0.3) is 0 Å². The number of alkyl carbamates (subject to hydrolysis) is 1. The minimum atomic E-state index is -1.32. The Bertz CT molecular complexity index is 1180. The number of benzene rings is 3. The summed E-state index contributed by atoms with van der Waals surface area (Å²) in [6, 6.07) is 23.7. The summed E-state index contributed by atoms with van der Waals surface area (Å²) in [5, 5.41) is 3.09. The van der Waals surface area contributed by atoms with Crippen molar-refractivity contribution in [3.8, 4) is 0 Å². The minimum absolute atomic E-state index is 0.156. The van der Waals surface area contributed by atoms with Crippen molar-refractivity contribution < 1.29 is 19.1 Å². The van der Waals surface area contributed by atoms with Gasteiger partial charge >= 0.3 is 196 Å². The van der Waals surface area contributed by atoms with E-state index in [1.807, 2.05) is 72.8 Å². The van der Waals surface area contributed by atoms with Crippen LogP contribution >= 0.6 is 11.6 Å². The van der Waals surface area contributed by atoms with Crippen molar-refractivity contribution in [2.45, 2.75) is 44.4 Å². The summed E-state index contributed by atoms with van der Waals surface area (Å²) < 4.78 is 12.7. The van der Waals surface area contributed by atoms with Crippen LogP contribution in [0.1, 0.15) is 43.9 Å². The summed E-state index contributed by atoms with van der Waals surface area (Å²) >= 11 is 7.97. The standard InChI is InChI=1S/C28H30ClN2O4.Sn/c1-27(2,3)35-26(33)31-19-18-24(30)25(32)34-28(20-12-6-4-7-13-20,21-14-8-5-9-15-21)22-16-10-11-17-23(22)29;/h4,6-17,24H,18-19,30H2,1-3H3,(H,31,33);. The molecule has 0 fully saturated rings. The molecule has 187 valence electrons. The van der Waals surface area contributed by atoms with Crippen LogP contribution in [0, 0.1) is 0 Å². The Morgan fingerprint density at radius 1 is 0.917 bits per heavy atom. The third-order valence-corrected chi connectivity index (χ3v) is 6.69. The molecule has 0 saturated carbocycles. The SMILES string of the molecule is CC(C)(C)OC(=O)NCCC(N)C(=O)OC(c1ccccc1)(c1cc[c]([Sn])cc1)c1ccccc1Cl. The van der Waals surface area contributed by atoms with Crippen LogP contribution < -0.4 is 14.6 Å². The molecule has 0 spiro atoms. The molecule has 8 heteroatoms. The molecule has 0 heterocycles. The zero-order valence-corrected chi connectivity index (χ0v) is 24.2. The van der Waals surface area contributed by atoms with Crippen LogP contribution in [0.3, 0.4) is 0 Å². The summed E-state index contributed by atoms with van der Waals surface area (Å²) in [5.41, 5.74) is 6.41. The fraction of sp³-hybridized carbons (Fsp3) is 0.286. The predicted molar refractivity (Wildman–Crippen MR) is 143 cm³/mol. The Morgan fingerprint density at radius 2 is 1.50 bits per heavy atom. The Kier molecular flexibility index (Phi) is 9.44. The zero-order chi connectivity index (χ0) is 26.3. The van der Waals surface area contributed by atoms with Crippen LogP contribution in [-0.4, -0.2) is 52.8 Å². The first kappa shape index (κ1) is 28.0. The monoisotopic (exact) mass is 613 g/mol. The summed E-state index contributed by atoms with van der Waals surface area (Å²) in [4.78, 5) is 25.4. The predicted octanol–water partition coefficient (Wildman–Crippen LogP) is 4.21. The quantitative estimate of drug-likeness (QED) is 0.226. The molecule has 3 radical (unpaired) electrons. The van der Waals surface area contributed by atoms with Crippen LogP contribution in [0.25, 0.3) is 0 Å². The maximum absolute atomic E-state index is 13.4. The fourth-order valence-electron chi connectivity index (χ4n) is 3.76. The number of rotatable bonds is 8. The molecule has 0 aliphatic heterocycles. The Hall–Kier alpha value is -2.55. The van der Waals surface area contributed by atoms with Crippen LogP contribution in [0.2, 0.25) is 5.02 Å². The summed E-state index contributed by atoms with van der Waals surface area (Å²) in [5.74, 6) is -0.614. The van der Waals surface area contributed by atoms with Crippen molar-refractivity contribution in [2.24, 2.45) is 5.73 Å². The van der Waals surface area contributed by atoms with E-state index in [1.165, 1.54) is 22.5 Å². The molecular weight excluding hydrogens is 582 g/mol. The Labute approximate surface area is 230 Å². The molecule has 3 N–H and O–H groups in total. The first-order valence-electron chi connectivity index (χ1n) is 11.6. The number of halogens is 1. The molecule has 1 amide bonds. The van der Waals surface area contributed by atoms with Gasteiger partial charge in [0.05, 0.1) is 0 Å². The van der Waals surface area contributed by atoms with E-state index >= 15 is 0 Å². The summed E-state index contributed by atoms with van der Waals surface area (Å²) in [6.45, 7) is 5.49. The Morgan fingerprint density at radius 3 is 2.11 bits per heavy atom. The number of nitrogens with two attached hydrogens (primary N) is 1. The van der Waals surface area contributed by atoms with Gasteiger partial charge in [-0.2, -0.15) is 0 Å². The van der Waals surface area contributed by atoms with Crippen molar-refractivity contribution in [1.29, 1.82) is 0 Å². The average Bonchev–Trinajstić information content (AvgIpc) is 2.83. The molecular formula is C28H30ClN2O4Sn. The molecule has 3 rings (SSSR count). The van der Waals surface area contributed by atoms with Crippen molar-refractivity contribution in [3.05, 3.63) is 101 Å². The van der Waals surface area contributed by atoms with Crippen LogP contribution in [0.4, 0.5) is 4.79 Å². The van der Waals surface area contributed by atoms with Crippen molar-refractivity contribution in [2.75, 3.05) is 6.54 Å². The third-order valence-electron chi connectivity index (χ3n) is 5.40. The molecule has 0 saturated heterocycles. The topological polar surface area (TPSA) is 90.6 Å². The summed E-state index contributed by atoms with van der Waals surface area (Å²) in [6.07, 6.45) is -0.400. The normalized spacial score (nSPS) is 13.8. The number of carbonyl (C=O) groups excluding carboxylic acids is 2. The van der Waals surface area contributed by atoms with Crippen molar-refractivity contribution >= 4 is 49.8 Å². The van der Waals surface area contributed by atoms with Crippen LogP contribution in [0.5, 0.6) is 0 Å². The third kappa shape index (κ3) is 7.02. The first-order valence-corrected chi connectivity index (χ1v) is 13.4. The summed E-state index contributed by atoms with van der Waals surface area (Å²) in [7, 11) is 0. The van der Waals surface area contributed by atoms with E-state index in [1.54, 1.807) is 26.8 Å². The van der Waals surface area contributed by atoms with E-state index in [9.17, 15) is 9.59 Å². The molecule has 2 unspecified atom stereocenters. The number of hydrogen-bond acceptors (Lipinski definition) is 5. The van der Waals surface area contributed by atoms with E-state index in [2.05, 4.69) is 5.32 Å². The van der Waals surface area contributed by atoms with Gasteiger partial charge in [0.2, 0.25) is 0 Å². The number of amides is 1.